The van der Waals surface area contributed by atoms with Gasteiger partial charge in [-0.05, 0) is 35.6 Å². The van der Waals surface area contributed by atoms with E-state index in [1.807, 2.05) is 42.5 Å². The van der Waals surface area contributed by atoms with Crippen molar-refractivity contribution in [1.29, 1.82) is 0 Å². The van der Waals surface area contributed by atoms with Crippen LogP contribution in [0.15, 0.2) is 48.5 Å². The van der Waals surface area contributed by atoms with Gasteiger partial charge in [0.25, 0.3) is 0 Å². The summed E-state index contributed by atoms with van der Waals surface area (Å²) in [5.74, 6) is 1.24. The van der Waals surface area contributed by atoms with Gasteiger partial charge < -0.3 is 15.4 Å². The third-order valence-electron chi connectivity index (χ3n) is 3.83. The monoisotopic (exact) mass is 326 g/mol. The number of ether oxygens (including phenoxy) is 1. The number of hydrogen-bond acceptors (Lipinski definition) is 2. The Morgan fingerprint density at radius 1 is 1.08 bits per heavy atom. The summed E-state index contributed by atoms with van der Waals surface area (Å²) in [4.78, 5) is 12.0. The highest BCUT2D eigenvalue weighted by Crippen LogP contribution is 2.23. The average Bonchev–Trinajstić information content (AvgIpc) is 2.59. The highest BCUT2D eigenvalue weighted by atomic mass is 16.5. The molecule has 0 heterocycles. The third-order valence-corrected chi connectivity index (χ3v) is 3.83. The second kappa shape index (κ2) is 8.96. The first kappa shape index (κ1) is 17.9. The largest absolute Gasteiger partial charge is 0.491 e. The van der Waals surface area contributed by atoms with Gasteiger partial charge in [-0.25, -0.2) is 4.79 Å². The van der Waals surface area contributed by atoms with Crippen molar-refractivity contribution in [3.8, 4) is 5.75 Å². The highest BCUT2D eigenvalue weighted by molar-refractivity contribution is 5.90. The lowest BCUT2D eigenvalue weighted by atomic mass is 10.0. The fourth-order valence-electron chi connectivity index (χ4n) is 2.54. The van der Waals surface area contributed by atoms with Gasteiger partial charge >= 0.3 is 6.03 Å². The number of carbonyl (C=O) groups excluding carboxylic acids is 1. The van der Waals surface area contributed by atoms with Gasteiger partial charge in [0.2, 0.25) is 0 Å². The normalized spacial score (nSPS) is 10.5. The van der Waals surface area contributed by atoms with Gasteiger partial charge in [0.05, 0.1) is 6.54 Å². The fourth-order valence-corrected chi connectivity index (χ4v) is 2.54. The molecule has 0 aliphatic carbocycles. The van der Waals surface area contributed by atoms with Crippen LogP contribution in [0.4, 0.5) is 10.5 Å². The molecule has 0 aliphatic heterocycles. The van der Waals surface area contributed by atoms with Crippen LogP contribution in [-0.2, 0) is 6.42 Å². The number of benzene rings is 2. The van der Waals surface area contributed by atoms with Gasteiger partial charge in [0.1, 0.15) is 12.4 Å². The van der Waals surface area contributed by atoms with Crippen molar-refractivity contribution < 1.29 is 9.53 Å². The number of hydrogen-bond donors (Lipinski definition) is 2. The van der Waals surface area contributed by atoms with Gasteiger partial charge in [-0.2, -0.15) is 0 Å². The summed E-state index contributed by atoms with van der Waals surface area (Å²) in [6.07, 6.45) is 0.927. The molecule has 0 fully saturated rings. The molecule has 0 spiro atoms. The van der Waals surface area contributed by atoms with Gasteiger partial charge in [0, 0.05) is 5.69 Å². The molecule has 4 nitrogen and oxygen atoms in total. The highest BCUT2D eigenvalue weighted by Gasteiger charge is 2.08. The van der Waals surface area contributed by atoms with Gasteiger partial charge in [-0.3, -0.25) is 0 Å². The first-order valence-corrected chi connectivity index (χ1v) is 8.46. The Hall–Kier alpha value is -2.49. The van der Waals surface area contributed by atoms with E-state index < -0.39 is 0 Å². The quantitative estimate of drug-likeness (QED) is 0.732. The van der Waals surface area contributed by atoms with E-state index in [0.717, 1.165) is 23.4 Å². The topological polar surface area (TPSA) is 50.4 Å². The van der Waals surface area contributed by atoms with E-state index in [4.69, 9.17) is 4.74 Å². The predicted octanol–water partition coefficient (Wildman–Crippen LogP) is 4.57. The second-order valence-electron chi connectivity index (χ2n) is 5.93. The van der Waals surface area contributed by atoms with E-state index in [1.165, 1.54) is 5.56 Å². The molecule has 0 saturated carbocycles. The average molecular weight is 326 g/mol. The van der Waals surface area contributed by atoms with E-state index in [-0.39, 0.29) is 6.03 Å². The van der Waals surface area contributed by atoms with Crippen LogP contribution in [0.2, 0.25) is 0 Å². The summed E-state index contributed by atoms with van der Waals surface area (Å²) in [6, 6.07) is 15.6. The Morgan fingerprint density at radius 3 is 2.54 bits per heavy atom. The Morgan fingerprint density at radius 2 is 1.79 bits per heavy atom. The van der Waals surface area contributed by atoms with Gasteiger partial charge in [0.15, 0.2) is 0 Å². The lowest BCUT2D eigenvalue weighted by Gasteiger charge is -2.14. The fraction of sp³-hybridized carbons (Fsp3) is 0.350. The van der Waals surface area contributed by atoms with Crippen LogP contribution >= 0.6 is 0 Å². The molecule has 2 N–H and O–H groups in total. The molecule has 0 aromatic heterocycles. The number of rotatable bonds is 7. The number of nitrogens with one attached hydrogen (secondary N) is 2. The number of urea groups is 1. The molecule has 0 unspecified atom stereocenters. The third kappa shape index (κ3) is 5.01. The maximum Gasteiger partial charge on any atom is 0.319 e. The molecule has 2 rings (SSSR count). The van der Waals surface area contributed by atoms with E-state index in [2.05, 4.69) is 37.5 Å². The van der Waals surface area contributed by atoms with Crippen LogP contribution in [0.3, 0.4) is 0 Å². The van der Waals surface area contributed by atoms with Crippen LogP contribution in [0.1, 0.15) is 37.8 Å². The minimum atomic E-state index is -0.213. The first-order valence-electron chi connectivity index (χ1n) is 8.46. The molecule has 4 heteroatoms. The molecule has 0 atom stereocenters. The Bertz CT molecular complexity index is 668. The molecule has 0 radical (unpaired) electrons. The Balaban J connectivity index is 1.80. The molecule has 2 aromatic rings. The molecule has 2 aromatic carbocycles. The number of para-hydroxylation sites is 2. The van der Waals surface area contributed by atoms with E-state index in [1.54, 1.807) is 0 Å². The molecule has 0 bridgehead atoms. The number of anilines is 1. The second-order valence-corrected chi connectivity index (χ2v) is 5.93. The van der Waals surface area contributed by atoms with Crippen LogP contribution < -0.4 is 15.4 Å². The molecule has 0 saturated heterocycles. The first-order chi connectivity index (χ1) is 11.6. The molecule has 128 valence electrons. The van der Waals surface area contributed by atoms with E-state index in [0.29, 0.717) is 19.1 Å². The standard InChI is InChI=1S/C20H26N2O2/c1-4-16-9-5-8-12-19(16)24-14-13-21-20(23)22-18-11-7-6-10-17(18)15(2)3/h5-12,15H,4,13-14H2,1-3H3,(H2,21,22,23). The molecular formula is C20H26N2O2. The van der Waals surface area contributed by atoms with Crippen molar-refractivity contribution in [3.05, 3.63) is 59.7 Å². The van der Waals surface area contributed by atoms with Crippen molar-refractivity contribution in [2.45, 2.75) is 33.1 Å². The van der Waals surface area contributed by atoms with Crippen molar-refractivity contribution in [2.24, 2.45) is 0 Å². The zero-order valence-electron chi connectivity index (χ0n) is 14.6. The van der Waals surface area contributed by atoms with Crippen molar-refractivity contribution in [3.63, 3.8) is 0 Å². The van der Waals surface area contributed by atoms with Crippen molar-refractivity contribution in [1.82, 2.24) is 5.32 Å². The van der Waals surface area contributed by atoms with Crippen LogP contribution in [0, 0.1) is 0 Å². The Labute approximate surface area is 144 Å². The lowest BCUT2D eigenvalue weighted by Crippen LogP contribution is -2.32. The summed E-state index contributed by atoms with van der Waals surface area (Å²) in [7, 11) is 0. The lowest BCUT2D eigenvalue weighted by molar-refractivity contribution is 0.247. The van der Waals surface area contributed by atoms with Gasteiger partial charge in [-0.1, -0.05) is 57.2 Å². The predicted molar refractivity (Wildman–Crippen MR) is 98.9 cm³/mol. The van der Waals surface area contributed by atoms with E-state index >= 15 is 0 Å². The van der Waals surface area contributed by atoms with Crippen molar-refractivity contribution in [2.75, 3.05) is 18.5 Å². The maximum atomic E-state index is 12.0. The van der Waals surface area contributed by atoms with Crippen LogP contribution in [-0.4, -0.2) is 19.2 Å². The summed E-state index contributed by atoms with van der Waals surface area (Å²) in [6.45, 7) is 7.21. The summed E-state index contributed by atoms with van der Waals surface area (Å²) < 4.78 is 5.75. The summed E-state index contributed by atoms with van der Waals surface area (Å²) >= 11 is 0. The van der Waals surface area contributed by atoms with Crippen LogP contribution in [0.25, 0.3) is 0 Å². The summed E-state index contributed by atoms with van der Waals surface area (Å²) in [5, 5.41) is 5.74. The maximum absolute atomic E-state index is 12.0. The number of aryl methyl sites for hydroxylation is 1. The molecule has 24 heavy (non-hydrogen) atoms. The molecular weight excluding hydrogens is 300 g/mol. The Kier molecular flexibility index (Phi) is 6.67. The molecule has 2 amide bonds. The van der Waals surface area contributed by atoms with Crippen molar-refractivity contribution >= 4 is 11.7 Å². The minimum absolute atomic E-state index is 0.213. The van der Waals surface area contributed by atoms with E-state index in [9.17, 15) is 4.79 Å². The zero-order valence-corrected chi connectivity index (χ0v) is 14.6. The SMILES string of the molecule is CCc1ccccc1OCCNC(=O)Nc1ccccc1C(C)C. The zero-order chi connectivity index (χ0) is 17.4. The summed E-state index contributed by atoms with van der Waals surface area (Å²) in [5.41, 5.74) is 3.15. The number of carbonyl (C=O) groups is 1. The molecule has 0 aliphatic rings. The number of amides is 2. The minimum Gasteiger partial charge on any atom is -0.491 e. The smallest absolute Gasteiger partial charge is 0.319 e. The van der Waals surface area contributed by atoms with Gasteiger partial charge in [-0.15, -0.1) is 0 Å². The van der Waals surface area contributed by atoms with Crippen LogP contribution in [0.5, 0.6) is 5.75 Å².